The summed E-state index contributed by atoms with van der Waals surface area (Å²) in [5, 5.41) is 9.05. The molecule has 6 heteroatoms. The molecule has 1 rings (SSSR count). The highest BCUT2D eigenvalue weighted by molar-refractivity contribution is 5.98. The first-order valence-electron chi connectivity index (χ1n) is 3.84. The van der Waals surface area contributed by atoms with Crippen LogP contribution in [-0.4, -0.2) is 10.9 Å². The minimum Gasteiger partial charge on any atom is -0.507 e. The fraction of sp³-hybridized carbons (Fsp3) is 0.222. The second kappa shape index (κ2) is 3.52. The molecule has 1 aromatic carbocycles. The Morgan fingerprint density at radius 2 is 1.87 bits per heavy atom. The number of Topliss-reactive ketones (excluding diaryl/α,β-unsaturated/α-hetero) is 1. The van der Waals surface area contributed by atoms with Crippen molar-refractivity contribution in [3.63, 3.8) is 0 Å². The van der Waals surface area contributed by atoms with Gasteiger partial charge in [0.15, 0.2) is 5.78 Å². The average molecular weight is 222 g/mol. The van der Waals surface area contributed by atoms with Gasteiger partial charge in [-0.2, -0.15) is 13.2 Å². The van der Waals surface area contributed by atoms with Crippen molar-refractivity contribution in [1.29, 1.82) is 0 Å². The Labute approximate surface area is 82.1 Å². The van der Waals surface area contributed by atoms with Crippen molar-refractivity contribution in [1.82, 2.24) is 0 Å². The number of phenols is 1. The maximum absolute atomic E-state index is 12.6. The third-order valence-corrected chi connectivity index (χ3v) is 1.74. The van der Waals surface area contributed by atoms with Gasteiger partial charge in [-0.1, -0.05) is 0 Å². The van der Waals surface area contributed by atoms with E-state index in [1.54, 1.807) is 0 Å². The van der Waals surface area contributed by atoms with E-state index in [1.165, 1.54) is 0 Å². The van der Waals surface area contributed by atoms with Gasteiger partial charge in [0.25, 0.3) is 0 Å². The quantitative estimate of drug-likeness (QED) is 0.586. The molecule has 0 atom stereocenters. The molecule has 0 saturated heterocycles. The second-order valence-electron chi connectivity index (χ2n) is 2.90. The first-order chi connectivity index (χ1) is 6.73. The van der Waals surface area contributed by atoms with Crippen LogP contribution in [0.4, 0.5) is 17.6 Å². The number of carbonyl (C=O) groups excluding carboxylic acids is 1. The normalized spacial score (nSPS) is 11.5. The van der Waals surface area contributed by atoms with Crippen molar-refractivity contribution >= 4 is 5.78 Å². The zero-order chi connectivity index (χ0) is 11.8. The Morgan fingerprint density at radius 3 is 2.27 bits per heavy atom. The summed E-state index contributed by atoms with van der Waals surface area (Å²) in [6.07, 6.45) is -4.87. The molecular formula is C9H6F4O2. The molecule has 0 aliphatic rings. The first-order valence-corrected chi connectivity index (χ1v) is 3.84. The summed E-state index contributed by atoms with van der Waals surface area (Å²) in [6.45, 7) is 0.863. The van der Waals surface area contributed by atoms with E-state index < -0.39 is 34.7 Å². The number of carbonyl (C=O) groups is 1. The molecule has 0 saturated carbocycles. The van der Waals surface area contributed by atoms with Gasteiger partial charge in [0.2, 0.25) is 0 Å². The van der Waals surface area contributed by atoms with Crippen LogP contribution >= 0.6 is 0 Å². The van der Waals surface area contributed by atoms with E-state index in [-0.39, 0.29) is 6.07 Å². The molecule has 2 nitrogen and oxygen atoms in total. The zero-order valence-corrected chi connectivity index (χ0v) is 7.52. The number of phenolic OH excluding ortho intramolecular Hbond substituents is 1. The van der Waals surface area contributed by atoms with Gasteiger partial charge in [0.05, 0.1) is 11.1 Å². The number of hydrogen-bond acceptors (Lipinski definition) is 2. The van der Waals surface area contributed by atoms with Crippen LogP contribution in [0.15, 0.2) is 12.1 Å². The lowest BCUT2D eigenvalue weighted by atomic mass is 10.0. The Hall–Kier alpha value is -1.59. The molecule has 0 amide bonds. The number of halogens is 4. The molecule has 0 fully saturated rings. The molecule has 82 valence electrons. The van der Waals surface area contributed by atoms with Gasteiger partial charge >= 0.3 is 6.18 Å². The van der Waals surface area contributed by atoms with Crippen LogP contribution < -0.4 is 0 Å². The van der Waals surface area contributed by atoms with E-state index >= 15 is 0 Å². The maximum Gasteiger partial charge on any atom is 0.417 e. The summed E-state index contributed by atoms with van der Waals surface area (Å²) in [6, 6.07) is 0.641. The van der Waals surface area contributed by atoms with Crippen LogP contribution in [0.1, 0.15) is 22.8 Å². The van der Waals surface area contributed by atoms with Crippen LogP contribution in [0, 0.1) is 5.82 Å². The van der Waals surface area contributed by atoms with Gasteiger partial charge in [-0.15, -0.1) is 0 Å². The highest BCUT2D eigenvalue weighted by atomic mass is 19.4. The van der Waals surface area contributed by atoms with E-state index in [2.05, 4.69) is 0 Å². The number of aromatic hydroxyl groups is 1. The predicted molar refractivity (Wildman–Crippen MR) is 43.1 cm³/mol. The van der Waals surface area contributed by atoms with Crippen LogP contribution in [-0.2, 0) is 6.18 Å². The minimum absolute atomic E-state index is 0.177. The van der Waals surface area contributed by atoms with Crippen molar-refractivity contribution in [3.8, 4) is 5.75 Å². The van der Waals surface area contributed by atoms with Crippen molar-refractivity contribution in [2.24, 2.45) is 0 Å². The molecular weight excluding hydrogens is 216 g/mol. The van der Waals surface area contributed by atoms with Gasteiger partial charge in [-0.05, 0) is 13.0 Å². The van der Waals surface area contributed by atoms with Crippen LogP contribution in [0.3, 0.4) is 0 Å². The van der Waals surface area contributed by atoms with Crippen molar-refractivity contribution in [3.05, 3.63) is 29.1 Å². The maximum atomic E-state index is 12.6. The minimum atomic E-state index is -4.87. The lowest BCUT2D eigenvalue weighted by Gasteiger charge is -2.12. The van der Waals surface area contributed by atoms with Crippen LogP contribution in [0.5, 0.6) is 5.75 Å². The van der Waals surface area contributed by atoms with Crippen molar-refractivity contribution in [2.75, 3.05) is 0 Å². The van der Waals surface area contributed by atoms with E-state index in [0.29, 0.717) is 6.07 Å². The first kappa shape index (κ1) is 11.5. The van der Waals surface area contributed by atoms with E-state index in [0.717, 1.165) is 6.92 Å². The van der Waals surface area contributed by atoms with Crippen LogP contribution in [0.25, 0.3) is 0 Å². The molecule has 15 heavy (non-hydrogen) atoms. The smallest absolute Gasteiger partial charge is 0.417 e. The molecule has 0 bridgehead atoms. The second-order valence-corrected chi connectivity index (χ2v) is 2.90. The van der Waals surface area contributed by atoms with Gasteiger partial charge in [0, 0.05) is 6.07 Å². The van der Waals surface area contributed by atoms with E-state index in [9.17, 15) is 22.4 Å². The highest BCUT2D eigenvalue weighted by Gasteiger charge is 2.36. The highest BCUT2D eigenvalue weighted by Crippen LogP contribution is 2.36. The summed E-state index contributed by atoms with van der Waals surface area (Å²) in [5.74, 6) is -3.22. The molecule has 1 aromatic rings. The van der Waals surface area contributed by atoms with Gasteiger partial charge in [-0.3, -0.25) is 4.79 Å². The Kier molecular flexibility index (Phi) is 2.70. The Balaban J connectivity index is 3.54. The average Bonchev–Trinajstić information content (AvgIpc) is 1.99. The van der Waals surface area contributed by atoms with E-state index in [4.69, 9.17) is 5.11 Å². The SMILES string of the molecule is CC(=O)c1c(O)cc(F)cc1C(F)(F)F. The van der Waals surface area contributed by atoms with Gasteiger partial charge in [-0.25, -0.2) is 4.39 Å². The topological polar surface area (TPSA) is 37.3 Å². The molecule has 0 heterocycles. The third kappa shape index (κ3) is 2.26. The molecule has 1 N–H and O–H groups in total. The van der Waals surface area contributed by atoms with E-state index in [1.807, 2.05) is 0 Å². The molecule has 0 aliphatic heterocycles. The Morgan fingerprint density at radius 1 is 1.33 bits per heavy atom. The van der Waals surface area contributed by atoms with Crippen molar-refractivity contribution in [2.45, 2.75) is 13.1 Å². The Bertz CT molecular complexity index is 409. The number of alkyl halides is 3. The largest absolute Gasteiger partial charge is 0.507 e. The van der Waals surface area contributed by atoms with Gasteiger partial charge in [0.1, 0.15) is 11.6 Å². The lowest BCUT2D eigenvalue weighted by Crippen LogP contribution is -2.12. The fourth-order valence-electron chi connectivity index (χ4n) is 1.19. The number of rotatable bonds is 1. The van der Waals surface area contributed by atoms with Gasteiger partial charge < -0.3 is 5.11 Å². The molecule has 0 aromatic heterocycles. The summed E-state index contributed by atoms with van der Waals surface area (Å²) in [4.78, 5) is 10.9. The third-order valence-electron chi connectivity index (χ3n) is 1.74. The van der Waals surface area contributed by atoms with Crippen LogP contribution in [0.2, 0.25) is 0 Å². The molecule has 0 radical (unpaired) electrons. The van der Waals surface area contributed by atoms with Crippen molar-refractivity contribution < 1.29 is 27.5 Å². The molecule has 0 aliphatic carbocycles. The lowest BCUT2D eigenvalue weighted by molar-refractivity contribution is -0.138. The standard InChI is InChI=1S/C9H6F4O2/c1-4(14)8-6(9(11,12)13)2-5(10)3-7(8)15/h2-3,15H,1H3. The fourth-order valence-corrected chi connectivity index (χ4v) is 1.19. The summed E-state index contributed by atoms with van der Waals surface area (Å²) in [7, 11) is 0. The number of benzene rings is 1. The summed E-state index contributed by atoms with van der Waals surface area (Å²) >= 11 is 0. The number of hydrogen-bond donors (Lipinski definition) is 1. The number of ketones is 1. The molecule has 0 spiro atoms. The monoisotopic (exact) mass is 222 g/mol. The molecule has 0 unspecified atom stereocenters. The zero-order valence-electron chi connectivity index (χ0n) is 7.52. The summed E-state index contributed by atoms with van der Waals surface area (Å²) < 4.78 is 49.6. The predicted octanol–water partition coefficient (Wildman–Crippen LogP) is 2.75. The summed E-state index contributed by atoms with van der Waals surface area (Å²) in [5.41, 5.74) is -2.38.